The Balaban J connectivity index is 2.05. The van der Waals surface area contributed by atoms with Crippen LogP contribution in [0.25, 0.3) is 0 Å². The third-order valence-corrected chi connectivity index (χ3v) is 3.18. The SMILES string of the molecule is Cn1nccc1C(O)c1cccc2c1OCC2. The summed E-state index contributed by atoms with van der Waals surface area (Å²) >= 11 is 0. The molecular weight excluding hydrogens is 216 g/mol. The van der Waals surface area contributed by atoms with Crippen LogP contribution in [-0.4, -0.2) is 21.5 Å². The summed E-state index contributed by atoms with van der Waals surface area (Å²) < 4.78 is 7.28. The number of aliphatic hydroxyl groups excluding tert-OH is 1. The minimum absolute atomic E-state index is 0.685. The first-order valence-electron chi connectivity index (χ1n) is 5.68. The Morgan fingerprint density at radius 1 is 1.41 bits per heavy atom. The van der Waals surface area contributed by atoms with Gasteiger partial charge in [0.2, 0.25) is 0 Å². The van der Waals surface area contributed by atoms with Crippen LogP contribution in [0.4, 0.5) is 0 Å². The monoisotopic (exact) mass is 230 g/mol. The Labute approximate surface area is 99.5 Å². The lowest BCUT2D eigenvalue weighted by molar-refractivity contribution is 0.204. The van der Waals surface area contributed by atoms with E-state index in [2.05, 4.69) is 5.10 Å². The summed E-state index contributed by atoms with van der Waals surface area (Å²) in [5.74, 6) is 0.834. The zero-order chi connectivity index (χ0) is 11.8. The highest BCUT2D eigenvalue weighted by Crippen LogP contribution is 2.35. The van der Waals surface area contributed by atoms with Crippen LogP contribution in [0.3, 0.4) is 0 Å². The first-order valence-corrected chi connectivity index (χ1v) is 5.68. The van der Waals surface area contributed by atoms with Crippen molar-refractivity contribution in [3.05, 3.63) is 47.3 Å². The van der Waals surface area contributed by atoms with Crippen molar-refractivity contribution in [1.82, 2.24) is 9.78 Å². The molecule has 0 bridgehead atoms. The van der Waals surface area contributed by atoms with Gasteiger partial charge >= 0.3 is 0 Å². The van der Waals surface area contributed by atoms with Crippen LogP contribution in [0.2, 0.25) is 0 Å². The molecule has 0 aliphatic carbocycles. The van der Waals surface area contributed by atoms with Crippen molar-refractivity contribution in [2.24, 2.45) is 7.05 Å². The van der Waals surface area contributed by atoms with E-state index >= 15 is 0 Å². The molecule has 2 aromatic rings. The molecule has 0 saturated carbocycles. The van der Waals surface area contributed by atoms with E-state index in [1.165, 1.54) is 5.56 Å². The fourth-order valence-electron chi connectivity index (χ4n) is 2.27. The number of ether oxygens (including phenoxy) is 1. The highest BCUT2D eigenvalue weighted by Gasteiger charge is 2.23. The van der Waals surface area contributed by atoms with Crippen LogP contribution in [0.1, 0.15) is 22.9 Å². The molecule has 1 N–H and O–H groups in total. The highest BCUT2D eigenvalue weighted by molar-refractivity contribution is 5.47. The second-order valence-corrected chi connectivity index (χ2v) is 4.22. The van der Waals surface area contributed by atoms with Crippen LogP contribution in [0.5, 0.6) is 5.75 Å². The van der Waals surface area contributed by atoms with Gasteiger partial charge in [-0.05, 0) is 11.6 Å². The fourth-order valence-corrected chi connectivity index (χ4v) is 2.27. The van der Waals surface area contributed by atoms with Crippen molar-refractivity contribution in [2.75, 3.05) is 6.61 Å². The largest absolute Gasteiger partial charge is 0.493 e. The summed E-state index contributed by atoms with van der Waals surface area (Å²) in [5.41, 5.74) is 2.77. The summed E-state index contributed by atoms with van der Waals surface area (Å²) in [5, 5.41) is 14.5. The van der Waals surface area contributed by atoms with Crippen LogP contribution in [0.15, 0.2) is 30.5 Å². The predicted octanol–water partition coefficient (Wildman–Crippen LogP) is 1.44. The van der Waals surface area contributed by atoms with E-state index in [1.807, 2.05) is 31.3 Å². The predicted molar refractivity (Wildman–Crippen MR) is 62.9 cm³/mol. The molecule has 1 atom stereocenters. The molecule has 17 heavy (non-hydrogen) atoms. The molecule has 4 heteroatoms. The number of para-hydroxylation sites is 1. The van der Waals surface area contributed by atoms with Gasteiger partial charge in [0.1, 0.15) is 11.9 Å². The molecule has 0 radical (unpaired) electrons. The Hall–Kier alpha value is -1.81. The van der Waals surface area contributed by atoms with E-state index in [9.17, 15) is 5.11 Å². The summed E-state index contributed by atoms with van der Waals surface area (Å²) in [6, 6.07) is 7.73. The molecule has 1 aromatic heterocycles. The van der Waals surface area contributed by atoms with Crippen LogP contribution >= 0.6 is 0 Å². The van der Waals surface area contributed by atoms with Crippen molar-refractivity contribution >= 4 is 0 Å². The lowest BCUT2D eigenvalue weighted by Crippen LogP contribution is -2.07. The number of benzene rings is 1. The van der Waals surface area contributed by atoms with Gasteiger partial charge in [0.15, 0.2) is 0 Å². The smallest absolute Gasteiger partial charge is 0.128 e. The van der Waals surface area contributed by atoms with Gasteiger partial charge in [-0.25, -0.2) is 0 Å². The lowest BCUT2D eigenvalue weighted by Gasteiger charge is -2.14. The van der Waals surface area contributed by atoms with Crippen LogP contribution in [0, 0.1) is 0 Å². The average Bonchev–Trinajstić information content (AvgIpc) is 2.95. The van der Waals surface area contributed by atoms with Gasteiger partial charge in [-0.3, -0.25) is 4.68 Å². The molecule has 1 aliphatic heterocycles. The van der Waals surface area contributed by atoms with Gasteiger partial charge in [-0.2, -0.15) is 5.10 Å². The molecular formula is C13H14N2O2. The van der Waals surface area contributed by atoms with E-state index < -0.39 is 6.10 Å². The summed E-state index contributed by atoms with van der Waals surface area (Å²) in [6.07, 6.45) is 1.92. The fraction of sp³-hybridized carbons (Fsp3) is 0.308. The molecule has 0 fully saturated rings. The maximum atomic E-state index is 10.4. The normalized spacial score (nSPS) is 15.4. The number of aromatic nitrogens is 2. The second-order valence-electron chi connectivity index (χ2n) is 4.22. The molecule has 1 aliphatic rings. The minimum atomic E-state index is -0.685. The molecule has 0 spiro atoms. The van der Waals surface area contributed by atoms with Gasteiger partial charge < -0.3 is 9.84 Å². The average molecular weight is 230 g/mol. The van der Waals surface area contributed by atoms with Crippen molar-refractivity contribution in [3.8, 4) is 5.75 Å². The molecule has 3 rings (SSSR count). The number of hydrogen-bond acceptors (Lipinski definition) is 3. The third kappa shape index (κ3) is 1.61. The van der Waals surface area contributed by atoms with Gasteiger partial charge in [-0.15, -0.1) is 0 Å². The quantitative estimate of drug-likeness (QED) is 0.849. The maximum Gasteiger partial charge on any atom is 0.128 e. The van der Waals surface area contributed by atoms with E-state index in [0.717, 1.165) is 23.4 Å². The minimum Gasteiger partial charge on any atom is -0.493 e. The lowest BCUT2D eigenvalue weighted by atomic mass is 10.0. The van der Waals surface area contributed by atoms with E-state index in [4.69, 9.17) is 4.74 Å². The Bertz CT molecular complexity index is 548. The van der Waals surface area contributed by atoms with Crippen molar-refractivity contribution in [3.63, 3.8) is 0 Å². The first kappa shape index (κ1) is 10.4. The number of fused-ring (bicyclic) bond motifs is 1. The second kappa shape index (κ2) is 3.89. The topological polar surface area (TPSA) is 47.3 Å². The van der Waals surface area contributed by atoms with Crippen molar-refractivity contribution in [1.29, 1.82) is 0 Å². The van der Waals surface area contributed by atoms with Crippen LogP contribution in [-0.2, 0) is 13.5 Å². The zero-order valence-electron chi connectivity index (χ0n) is 9.63. The van der Waals surface area contributed by atoms with E-state index in [0.29, 0.717) is 6.61 Å². The third-order valence-electron chi connectivity index (χ3n) is 3.18. The molecule has 88 valence electrons. The Kier molecular flexibility index (Phi) is 2.37. The van der Waals surface area contributed by atoms with Crippen molar-refractivity contribution < 1.29 is 9.84 Å². The van der Waals surface area contributed by atoms with E-state index in [1.54, 1.807) is 10.9 Å². The number of rotatable bonds is 2. The van der Waals surface area contributed by atoms with Gasteiger partial charge in [0, 0.05) is 25.2 Å². The number of nitrogens with zero attached hydrogens (tertiary/aromatic N) is 2. The van der Waals surface area contributed by atoms with Crippen LogP contribution < -0.4 is 4.74 Å². The van der Waals surface area contributed by atoms with Gasteiger partial charge in [-0.1, -0.05) is 18.2 Å². The standard InChI is InChI=1S/C13H14N2O2/c1-15-11(5-7-14-15)12(16)10-4-2-3-9-6-8-17-13(9)10/h2-5,7,12,16H,6,8H2,1H3. The molecule has 0 saturated heterocycles. The summed E-state index contributed by atoms with van der Waals surface area (Å²) in [6.45, 7) is 0.699. The van der Waals surface area contributed by atoms with Crippen molar-refractivity contribution in [2.45, 2.75) is 12.5 Å². The highest BCUT2D eigenvalue weighted by atomic mass is 16.5. The Morgan fingerprint density at radius 3 is 3.06 bits per heavy atom. The molecule has 1 aromatic carbocycles. The van der Waals surface area contributed by atoms with Gasteiger partial charge in [0.05, 0.1) is 12.3 Å². The summed E-state index contributed by atoms with van der Waals surface area (Å²) in [7, 11) is 1.82. The maximum absolute atomic E-state index is 10.4. The number of aryl methyl sites for hydroxylation is 1. The zero-order valence-corrected chi connectivity index (χ0v) is 9.63. The number of aliphatic hydroxyl groups is 1. The van der Waals surface area contributed by atoms with E-state index in [-0.39, 0.29) is 0 Å². The molecule has 1 unspecified atom stereocenters. The molecule has 0 amide bonds. The Morgan fingerprint density at radius 2 is 2.29 bits per heavy atom. The summed E-state index contributed by atoms with van der Waals surface area (Å²) in [4.78, 5) is 0. The van der Waals surface area contributed by atoms with Gasteiger partial charge in [0.25, 0.3) is 0 Å². The number of hydrogen-bond donors (Lipinski definition) is 1. The first-order chi connectivity index (χ1) is 8.27. The molecule has 4 nitrogen and oxygen atoms in total. The molecule has 2 heterocycles.